The molecule has 2 amide bonds. The van der Waals surface area contributed by atoms with E-state index < -0.39 is 0 Å². The first-order valence-corrected chi connectivity index (χ1v) is 10.2. The van der Waals surface area contributed by atoms with Gasteiger partial charge in [0.25, 0.3) is 0 Å². The highest BCUT2D eigenvalue weighted by Gasteiger charge is 2.31. The van der Waals surface area contributed by atoms with Crippen molar-refractivity contribution in [2.24, 2.45) is 5.92 Å². The van der Waals surface area contributed by atoms with Crippen LogP contribution in [0.25, 0.3) is 0 Å². The minimum atomic E-state index is 0.0318. The molecule has 0 aliphatic carbocycles. The number of likely N-dealkylation sites (tertiary alicyclic amines) is 1. The average molecular weight is 349 g/mol. The predicted octanol–water partition coefficient (Wildman–Crippen LogP) is 4.07. The van der Waals surface area contributed by atoms with E-state index in [1.54, 1.807) is 11.8 Å². The number of thioether (sulfide) groups is 1. The van der Waals surface area contributed by atoms with E-state index in [9.17, 15) is 4.79 Å². The number of hydrogen-bond donors (Lipinski definition) is 1. The lowest BCUT2D eigenvalue weighted by molar-refractivity contribution is 0.0371. The van der Waals surface area contributed by atoms with Gasteiger partial charge in [0.15, 0.2) is 0 Å². The Morgan fingerprint density at radius 1 is 1.25 bits per heavy atom. The molecule has 132 valence electrons. The molecule has 2 aliphatic rings. The van der Waals surface area contributed by atoms with Crippen LogP contribution in [0.5, 0.6) is 0 Å². The van der Waals surface area contributed by atoms with Gasteiger partial charge in [0.1, 0.15) is 0 Å². The summed E-state index contributed by atoms with van der Waals surface area (Å²) >= 11 is 1.73. The van der Waals surface area contributed by atoms with E-state index >= 15 is 0 Å². The molecule has 0 unspecified atom stereocenters. The third-order valence-electron chi connectivity index (χ3n) is 5.27. The van der Waals surface area contributed by atoms with Crippen molar-refractivity contribution in [1.29, 1.82) is 0 Å². The molecule has 2 aliphatic heterocycles. The number of nitrogens with zero attached hydrogens (tertiary/aromatic N) is 1. The van der Waals surface area contributed by atoms with E-state index in [2.05, 4.69) is 35.8 Å². The molecule has 1 aromatic carbocycles. The molecule has 1 aromatic rings. The van der Waals surface area contributed by atoms with Crippen molar-refractivity contribution >= 4 is 17.8 Å². The van der Waals surface area contributed by atoms with Crippen LogP contribution in [-0.4, -0.2) is 43.0 Å². The number of amides is 2. The summed E-state index contributed by atoms with van der Waals surface area (Å²) in [6.07, 6.45) is 7.02. The molecule has 5 heteroatoms. The molecule has 4 nitrogen and oxygen atoms in total. The molecule has 0 bridgehead atoms. The first kappa shape index (κ1) is 17.6. The molecular formula is C19H28N2O2S. The maximum Gasteiger partial charge on any atom is 0.317 e. The molecule has 24 heavy (non-hydrogen) atoms. The Morgan fingerprint density at radius 2 is 1.96 bits per heavy atom. The summed E-state index contributed by atoms with van der Waals surface area (Å²) in [4.78, 5) is 15.7. The zero-order valence-corrected chi connectivity index (χ0v) is 15.5. The van der Waals surface area contributed by atoms with Crippen LogP contribution in [0.3, 0.4) is 0 Å². The minimum Gasteiger partial charge on any atom is -0.378 e. The lowest BCUT2D eigenvalue weighted by Gasteiger charge is -2.35. The second kappa shape index (κ2) is 8.26. The zero-order chi connectivity index (χ0) is 16.9. The fourth-order valence-corrected chi connectivity index (χ4v) is 4.11. The number of benzene rings is 1. The molecule has 1 N–H and O–H groups in total. The van der Waals surface area contributed by atoms with Gasteiger partial charge in [-0.2, -0.15) is 0 Å². The van der Waals surface area contributed by atoms with E-state index in [1.807, 2.05) is 11.8 Å². The monoisotopic (exact) mass is 348 g/mol. The van der Waals surface area contributed by atoms with Gasteiger partial charge in [-0.1, -0.05) is 12.1 Å². The Hall–Kier alpha value is -1.20. The van der Waals surface area contributed by atoms with Crippen LogP contribution in [0.15, 0.2) is 29.2 Å². The fourth-order valence-electron chi connectivity index (χ4n) is 3.70. The van der Waals surface area contributed by atoms with Gasteiger partial charge in [0.2, 0.25) is 0 Å². The second-order valence-corrected chi connectivity index (χ2v) is 7.70. The van der Waals surface area contributed by atoms with Crippen LogP contribution in [-0.2, 0) is 4.74 Å². The quantitative estimate of drug-likeness (QED) is 0.834. The van der Waals surface area contributed by atoms with Gasteiger partial charge in [0, 0.05) is 24.6 Å². The van der Waals surface area contributed by atoms with Gasteiger partial charge in [-0.15, -0.1) is 11.8 Å². The molecule has 2 fully saturated rings. The van der Waals surface area contributed by atoms with Gasteiger partial charge in [-0.05, 0) is 62.5 Å². The third kappa shape index (κ3) is 4.25. The van der Waals surface area contributed by atoms with Crippen LogP contribution in [0, 0.1) is 5.92 Å². The summed E-state index contributed by atoms with van der Waals surface area (Å²) in [6.45, 7) is 4.65. The van der Waals surface area contributed by atoms with Crippen molar-refractivity contribution in [3.8, 4) is 0 Å². The number of urea groups is 1. The molecule has 0 saturated carbocycles. The third-order valence-corrected chi connectivity index (χ3v) is 6.02. The smallest absolute Gasteiger partial charge is 0.317 e. The highest BCUT2D eigenvalue weighted by Crippen LogP contribution is 2.29. The number of nitrogens with one attached hydrogen (secondary N) is 1. The van der Waals surface area contributed by atoms with Crippen molar-refractivity contribution in [2.45, 2.75) is 49.6 Å². The number of carbonyl (C=O) groups is 1. The van der Waals surface area contributed by atoms with Gasteiger partial charge < -0.3 is 15.0 Å². The van der Waals surface area contributed by atoms with E-state index in [-0.39, 0.29) is 12.1 Å². The van der Waals surface area contributed by atoms with E-state index in [1.165, 1.54) is 17.7 Å². The predicted molar refractivity (Wildman–Crippen MR) is 98.4 cm³/mol. The summed E-state index contributed by atoms with van der Waals surface area (Å²) in [5.41, 5.74) is 1.15. The molecule has 2 heterocycles. The van der Waals surface area contributed by atoms with Crippen LogP contribution in [0.4, 0.5) is 4.79 Å². The lowest BCUT2D eigenvalue weighted by atomic mass is 9.90. The Bertz CT molecular complexity index is 535. The SMILES string of the molecule is CSc1ccc([C@@H](C)NC(=O)N2CCC([C@@H]3CCCO3)CC2)cc1. The minimum absolute atomic E-state index is 0.0318. The van der Waals surface area contributed by atoms with Crippen molar-refractivity contribution in [3.05, 3.63) is 29.8 Å². The second-order valence-electron chi connectivity index (χ2n) is 6.82. The highest BCUT2D eigenvalue weighted by atomic mass is 32.2. The number of piperidine rings is 1. The maximum absolute atomic E-state index is 12.5. The summed E-state index contributed by atoms with van der Waals surface area (Å²) in [5.74, 6) is 0.632. The standard InChI is InChI=1S/C19H28N2O2S/c1-14(15-5-7-17(24-2)8-6-15)20-19(22)21-11-9-16(10-12-21)18-4-3-13-23-18/h5-8,14,16,18H,3-4,9-13H2,1-2H3,(H,20,22)/t14-,18+/m1/s1. The average Bonchev–Trinajstić information content (AvgIpc) is 3.16. The topological polar surface area (TPSA) is 41.6 Å². The number of hydrogen-bond acceptors (Lipinski definition) is 3. The summed E-state index contributed by atoms with van der Waals surface area (Å²) in [6, 6.07) is 8.50. The van der Waals surface area contributed by atoms with Gasteiger partial charge in [0.05, 0.1) is 12.1 Å². The van der Waals surface area contributed by atoms with Crippen LogP contribution in [0.1, 0.15) is 44.2 Å². The van der Waals surface area contributed by atoms with Gasteiger partial charge >= 0.3 is 6.03 Å². The molecule has 3 rings (SSSR count). The molecule has 0 radical (unpaired) electrons. The Morgan fingerprint density at radius 3 is 2.54 bits per heavy atom. The first-order chi connectivity index (χ1) is 11.7. The van der Waals surface area contributed by atoms with Crippen molar-refractivity contribution in [3.63, 3.8) is 0 Å². The molecule has 2 atom stereocenters. The summed E-state index contributed by atoms with van der Waals surface area (Å²) in [7, 11) is 0. The van der Waals surface area contributed by atoms with Crippen LogP contribution in [0.2, 0.25) is 0 Å². The fraction of sp³-hybridized carbons (Fsp3) is 0.632. The normalized spacial score (nSPS) is 23.2. The van der Waals surface area contributed by atoms with E-state index in [0.29, 0.717) is 12.0 Å². The van der Waals surface area contributed by atoms with Crippen LogP contribution < -0.4 is 5.32 Å². The molecule has 0 aromatic heterocycles. The van der Waals surface area contributed by atoms with Gasteiger partial charge in [-0.25, -0.2) is 4.79 Å². The number of ether oxygens (including phenoxy) is 1. The molecule has 0 spiro atoms. The van der Waals surface area contributed by atoms with E-state index in [4.69, 9.17) is 4.74 Å². The van der Waals surface area contributed by atoms with Crippen molar-refractivity contribution in [2.75, 3.05) is 26.0 Å². The zero-order valence-electron chi connectivity index (χ0n) is 14.7. The molecular weight excluding hydrogens is 320 g/mol. The Labute approximate surface area is 149 Å². The highest BCUT2D eigenvalue weighted by molar-refractivity contribution is 7.98. The van der Waals surface area contributed by atoms with Gasteiger partial charge in [-0.3, -0.25) is 0 Å². The first-order valence-electron chi connectivity index (χ1n) is 8.98. The van der Waals surface area contributed by atoms with Crippen molar-refractivity contribution < 1.29 is 9.53 Å². The molecule has 2 saturated heterocycles. The van der Waals surface area contributed by atoms with Crippen molar-refractivity contribution in [1.82, 2.24) is 10.2 Å². The lowest BCUT2D eigenvalue weighted by Crippen LogP contribution is -2.46. The summed E-state index contributed by atoms with van der Waals surface area (Å²) < 4.78 is 5.81. The number of carbonyl (C=O) groups excluding carboxylic acids is 1. The summed E-state index contributed by atoms with van der Waals surface area (Å²) in [5, 5.41) is 3.14. The maximum atomic E-state index is 12.5. The largest absolute Gasteiger partial charge is 0.378 e. The van der Waals surface area contributed by atoms with Crippen LogP contribution >= 0.6 is 11.8 Å². The number of rotatable bonds is 4. The van der Waals surface area contributed by atoms with E-state index in [0.717, 1.165) is 38.1 Å². The Kier molecular flexibility index (Phi) is 6.06. The Balaban J connectivity index is 1.47.